The summed E-state index contributed by atoms with van der Waals surface area (Å²) in [6, 6.07) is 10.7. The lowest BCUT2D eigenvalue weighted by molar-refractivity contribution is 0.0696. The smallest absolute Gasteiger partial charge is 0.337 e. The predicted octanol–water partition coefficient (Wildman–Crippen LogP) is 6.57. The molecule has 3 nitrogen and oxygen atoms in total. The van der Waals surface area contributed by atoms with E-state index >= 15 is 0 Å². The molecule has 1 atom stereocenters. The maximum atomic E-state index is 11.0. The molecule has 1 unspecified atom stereocenters. The minimum atomic E-state index is -0.928. The van der Waals surface area contributed by atoms with Gasteiger partial charge in [0, 0.05) is 18.3 Å². The number of hydrogen-bond acceptors (Lipinski definition) is 2. The Bertz CT molecular complexity index is 982. The Hall–Kier alpha value is -2.42. The fourth-order valence-corrected chi connectivity index (χ4v) is 5.13. The second-order valence-corrected chi connectivity index (χ2v) is 10.4. The van der Waals surface area contributed by atoms with Crippen molar-refractivity contribution in [2.75, 3.05) is 0 Å². The standard InChI is InChI=1S/C27H33NO2/c1-26(2)13-14-27(3,4)24-16-20(9-12-23(24)26)19-7-5-18(15-19)6-10-22-11-8-21(17-28-22)25(29)30/h6,8-9,11-12,16-17,19H,5,7,10,13-15H2,1-4H3,(H,29,30). The molecular weight excluding hydrogens is 370 g/mol. The first kappa shape index (κ1) is 20.8. The molecule has 0 bridgehead atoms. The van der Waals surface area contributed by atoms with E-state index < -0.39 is 5.97 Å². The summed E-state index contributed by atoms with van der Waals surface area (Å²) in [6.07, 6.45) is 10.5. The molecule has 3 heteroatoms. The van der Waals surface area contributed by atoms with Crippen molar-refractivity contribution < 1.29 is 9.90 Å². The number of carboxylic acids is 1. The Morgan fingerprint density at radius 2 is 1.83 bits per heavy atom. The fraction of sp³-hybridized carbons (Fsp3) is 0.481. The third kappa shape index (κ3) is 4.08. The molecule has 158 valence electrons. The van der Waals surface area contributed by atoms with Gasteiger partial charge in [-0.1, -0.05) is 57.5 Å². The molecule has 4 rings (SSSR count). The third-order valence-electron chi connectivity index (χ3n) is 7.34. The maximum Gasteiger partial charge on any atom is 0.337 e. The van der Waals surface area contributed by atoms with Crippen molar-refractivity contribution in [2.45, 2.75) is 83.0 Å². The highest BCUT2D eigenvalue weighted by atomic mass is 16.4. The summed E-state index contributed by atoms with van der Waals surface area (Å²) in [4.78, 5) is 15.3. The number of nitrogens with zero attached hydrogens (tertiary/aromatic N) is 1. The van der Waals surface area contributed by atoms with Crippen molar-refractivity contribution in [3.8, 4) is 0 Å². The van der Waals surface area contributed by atoms with Gasteiger partial charge in [-0.15, -0.1) is 0 Å². The van der Waals surface area contributed by atoms with Crippen LogP contribution in [-0.2, 0) is 17.3 Å². The number of aromatic nitrogens is 1. The van der Waals surface area contributed by atoms with Crippen molar-refractivity contribution in [1.29, 1.82) is 0 Å². The van der Waals surface area contributed by atoms with E-state index in [9.17, 15) is 4.79 Å². The number of allylic oxidation sites excluding steroid dienone is 2. The second kappa shape index (κ2) is 7.68. The van der Waals surface area contributed by atoms with Gasteiger partial charge < -0.3 is 5.11 Å². The summed E-state index contributed by atoms with van der Waals surface area (Å²) in [5, 5.41) is 9.00. The van der Waals surface area contributed by atoms with Crippen LogP contribution in [0.4, 0.5) is 0 Å². The molecule has 2 aliphatic carbocycles. The SMILES string of the molecule is CC1(C)CCC(C)(C)c2cc(C3CCC(=CCc4ccc(C(=O)O)cn4)C3)ccc21. The first-order valence-electron chi connectivity index (χ1n) is 11.2. The Morgan fingerprint density at radius 3 is 2.50 bits per heavy atom. The molecule has 30 heavy (non-hydrogen) atoms. The van der Waals surface area contributed by atoms with Crippen LogP contribution in [0.3, 0.4) is 0 Å². The number of benzene rings is 1. The van der Waals surface area contributed by atoms with E-state index in [0.717, 1.165) is 25.0 Å². The monoisotopic (exact) mass is 403 g/mol. The zero-order chi connectivity index (χ0) is 21.5. The lowest BCUT2D eigenvalue weighted by Crippen LogP contribution is -2.33. The molecule has 0 spiro atoms. The van der Waals surface area contributed by atoms with Gasteiger partial charge in [0.2, 0.25) is 0 Å². The molecule has 1 saturated carbocycles. The number of pyridine rings is 1. The van der Waals surface area contributed by atoms with E-state index in [-0.39, 0.29) is 16.4 Å². The highest BCUT2D eigenvalue weighted by Gasteiger charge is 2.37. The van der Waals surface area contributed by atoms with Crippen molar-refractivity contribution in [3.63, 3.8) is 0 Å². The zero-order valence-corrected chi connectivity index (χ0v) is 18.7. The number of aromatic carboxylic acids is 1. The van der Waals surface area contributed by atoms with Gasteiger partial charge in [-0.25, -0.2) is 4.79 Å². The van der Waals surface area contributed by atoms with Crippen LogP contribution in [-0.4, -0.2) is 16.1 Å². The molecule has 0 amide bonds. The van der Waals surface area contributed by atoms with E-state index in [1.807, 2.05) is 6.07 Å². The van der Waals surface area contributed by atoms with Gasteiger partial charge in [0.1, 0.15) is 0 Å². The molecule has 1 aromatic heterocycles. The summed E-state index contributed by atoms with van der Waals surface area (Å²) < 4.78 is 0. The summed E-state index contributed by atoms with van der Waals surface area (Å²) in [7, 11) is 0. The van der Waals surface area contributed by atoms with Gasteiger partial charge in [-0.3, -0.25) is 4.98 Å². The van der Waals surface area contributed by atoms with Crippen LogP contribution < -0.4 is 0 Å². The lowest BCUT2D eigenvalue weighted by Gasteiger charge is -2.42. The van der Waals surface area contributed by atoms with Crippen LogP contribution in [0.15, 0.2) is 48.2 Å². The van der Waals surface area contributed by atoms with Crippen LogP contribution in [0.5, 0.6) is 0 Å². The Labute approximate surface area is 180 Å². The quantitative estimate of drug-likeness (QED) is 0.588. The molecule has 1 aromatic carbocycles. The molecule has 2 aliphatic rings. The third-order valence-corrected chi connectivity index (χ3v) is 7.34. The second-order valence-electron chi connectivity index (χ2n) is 10.4. The van der Waals surface area contributed by atoms with Gasteiger partial charge in [-0.05, 0) is 77.7 Å². The largest absolute Gasteiger partial charge is 0.478 e. The summed E-state index contributed by atoms with van der Waals surface area (Å²) >= 11 is 0. The van der Waals surface area contributed by atoms with Crippen LogP contribution in [0.25, 0.3) is 0 Å². The number of rotatable bonds is 4. The molecule has 2 aromatic rings. The minimum Gasteiger partial charge on any atom is -0.478 e. The summed E-state index contributed by atoms with van der Waals surface area (Å²) in [5.74, 6) is -0.326. The van der Waals surface area contributed by atoms with E-state index in [1.54, 1.807) is 11.6 Å². The van der Waals surface area contributed by atoms with Crippen LogP contribution in [0.2, 0.25) is 0 Å². The first-order valence-corrected chi connectivity index (χ1v) is 11.2. The first-order chi connectivity index (χ1) is 14.2. The fourth-order valence-electron chi connectivity index (χ4n) is 5.13. The molecule has 1 N–H and O–H groups in total. The minimum absolute atomic E-state index is 0.242. The molecule has 0 saturated heterocycles. The molecule has 1 heterocycles. The van der Waals surface area contributed by atoms with Crippen LogP contribution in [0, 0.1) is 0 Å². The van der Waals surface area contributed by atoms with Crippen molar-refractivity contribution in [3.05, 3.63) is 76.1 Å². The average Bonchev–Trinajstić information content (AvgIpc) is 3.19. The highest BCUT2D eigenvalue weighted by molar-refractivity contribution is 5.87. The van der Waals surface area contributed by atoms with E-state index in [1.165, 1.54) is 42.2 Å². The topological polar surface area (TPSA) is 50.2 Å². The maximum absolute atomic E-state index is 11.0. The zero-order valence-electron chi connectivity index (χ0n) is 18.7. The Balaban J connectivity index is 1.48. The number of fused-ring (bicyclic) bond motifs is 1. The highest BCUT2D eigenvalue weighted by Crippen LogP contribution is 2.47. The lowest BCUT2D eigenvalue weighted by atomic mass is 9.62. The van der Waals surface area contributed by atoms with E-state index in [4.69, 9.17) is 5.11 Å². The van der Waals surface area contributed by atoms with Crippen LogP contribution in [0.1, 0.15) is 98.5 Å². The molecule has 1 fully saturated rings. The number of hydrogen-bond donors (Lipinski definition) is 1. The van der Waals surface area contributed by atoms with Gasteiger partial charge in [0.15, 0.2) is 0 Å². The van der Waals surface area contributed by atoms with Crippen molar-refractivity contribution >= 4 is 5.97 Å². The summed E-state index contributed by atoms with van der Waals surface area (Å²) in [6.45, 7) is 9.56. The Kier molecular flexibility index (Phi) is 5.34. The van der Waals surface area contributed by atoms with Gasteiger partial charge >= 0.3 is 5.97 Å². The van der Waals surface area contributed by atoms with E-state index in [2.05, 4.69) is 57.0 Å². The van der Waals surface area contributed by atoms with Gasteiger partial charge in [0.05, 0.1) is 5.56 Å². The number of carboxylic acid groups (broad SMARTS) is 1. The van der Waals surface area contributed by atoms with Crippen molar-refractivity contribution in [1.82, 2.24) is 4.98 Å². The Morgan fingerprint density at radius 1 is 1.10 bits per heavy atom. The van der Waals surface area contributed by atoms with Crippen LogP contribution >= 0.6 is 0 Å². The molecular formula is C27H33NO2. The number of carbonyl (C=O) groups is 1. The average molecular weight is 404 g/mol. The predicted molar refractivity (Wildman–Crippen MR) is 121 cm³/mol. The molecule has 0 aliphatic heterocycles. The normalized spacial score (nSPS) is 23.3. The molecule has 0 radical (unpaired) electrons. The summed E-state index contributed by atoms with van der Waals surface area (Å²) in [5.41, 5.74) is 7.77. The van der Waals surface area contributed by atoms with Crippen molar-refractivity contribution in [2.24, 2.45) is 0 Å². The van der Waals surface area contributed by atoms with Gasteiger partial charge in [0.25, 0.3) is 0 Å². The van der Waals surface area contributed by atoms with Gasteiger partial charge in [-0.2, -0.15) is 0 Å². The van der Waals surface area contributed by atoms with E-state index in [0.29, 0.717) is 5.92 Å².